The summed E-state index contributed by atoms with van der Waals surface area (Å²) in [6, 6.07) is 5.56. The number of amides is 1. The highest BCUT2D eigenvalue weighted by Crippen LogP contribution is 2.31. The number of benzene rings is 1. The third-order valence-corrected chi connectivity index (χ3v) is 4.74. The molecule has 4 nitrogen and oxygen atoms in total. The monoisotopic (exact) mass is 339 g/mol. The van der Waals surface area contributed by atoms with Gasteiger partial charge in [0.15, 0.2) is 0 Å². The zero-order chi connectivity index (χ0) is 14.7. The smallest absolute Gasteiger partial charge is 0.307 e. The van der Waals surface area contributed by atoms with Gasteiger partial charge in [-0.15, -0.1) is 0 Å². The first-order valence-corrected chi connectivity index (χ1v) is 7.58. The van der Waals surface area contributed by atoms with E-state index in [-0.39, 0.29) is 5.91 Å². The summed E-state index contributed by atoms with van der Waals surface area (Å²) in [7, 11) is 0. The molecule has 2 atom stereocenters. The average molecular weight is 340 g/mol. The maximum Gasteiger partial charge on any atom is 0.307 e. The molecule has 1 saturated carbocycles. The Bertz CT molecular complexity index is 530. The second-order valence-electron chi connectivity index (χ2n) is 5.29. The maximum atomic E-state index is 12.3. The highest BCUT2D eigenvalue weighted by molar-refractivity contribution is 9.10. The Morgan fingerprint density at radius 3 is 2.50 bits per heavy atom. The number of carbonyl (C=O) groups is 2. The van der Waals surface area contributed by atoms with E-state index in [9.17, 15) is 14.7 Å². The number of aryl methyl sites for hydroxylation is 1. The Kier molecular flexibility index (Phi) is 4.81. The van der Waals surface area contributed by atoms with Crippen molar-refractivity contribution >= 4 is 33.5 Å². The molecule has 0 spiro atoms. The number of halogens is 1. The van der Waals surface area contributed by atoms with Crippen LogP contribution in [0.25, 0.3) is 0 Å². The number of carboxylic acid groups (broad SMARTS) is 1. The fourth-order valence-corrected chi connectivity index (χ4v) is 2.94. The average Bonchev–Trinajstić information content (AvgIpc) is 2.43. The number of nitrogens with one attached hydrogen (secondary N) is 1. The van der Waals surface area contributed by atoms with Gasteiger partial charge in [-0.25, -0.2) is 0 Å². The summed E-state index contributed by atoms with van der Waals surface area (Å²) in [6.45, 7) is 1.94. The summed E-state index contributed by atoms with van der Waals surface area (Å²) in [4.78, 5) is 23.5. The topological polar surface area (TPSA) is 66.4 Å². The summed E-state index contributed by atoms with van der Waals surface area (Å²) in [5.41, 5.74) is 1.74. The van der Waals surface area contributed by atoms with Crippen molar-refractivity contribution < 1.29 is 14.7 Å². The van der Waals surface area contributed by atoms with Crippen LogP contribution >= 0.6 is 15.9 Å². The van der Waals surface area contributed by atoms with E-state index in [2.05, 4.69) is 21.2 Å². The van der Waals surface area contributed by atoms with Gasteiger partial charge < -0.3 is 10.4 Å². The van der Waals surface area contributed by atoms with Gasteiger partial charge >= 0.3 is 5.97 Å². The van der Waals surface area contributed by atoms with Crippen molar-refractivity contribution in [2.24, 2.45) is 11.8 Å². The zero-order valence-electron chi connectivity index (χ0n) is 11.4. The van der Waals surface area contributed by atoms with Crippen LogP contribution in [-0.4, -0.2) is 17.0 Å². The van der Waals surface area contributed by atoms with E-state index >= 15 is 0 Å². The largest absolute Gasteiger partial charge is 0.481 e. The molecule has 0 aliphatic heterocycles. The summed E-state index contributed by atoms with van der Waals surface area (Å²) >= 11 is 3.41. The first kappa shape index (κ1) is 15.0. The van der Waals surface area contributed by atoms with Crippen molar-refractivity contribution in [2.75, 3.05) is 5.32 Å². The number of carbonyl (C=O) groups excluding carboxylic acids is 1. The normalized spacial score (nSPS) is 22.3. The minimum absolute atomic E-state index is 0.182. The van der Waals surface area contributed by atoms with Crippen LogP contribution in [0.15, 0.2) is 22.7 Å². The molecule has 0 saturated heterocycles. The van der Waals surface area contributed by atoms with Gasteiger partial charge in [-0.2, -0.15) is 0 Å². The standard InChI is InChI=1S/C15H18BrNO3/c1-9-8-10(6-7-13(9)16)17-14(18)11-4-2-3-5-12(11)15(19)20/h6-8,11-12H,2-5H2,1H3,(H,17,18)(H,19,20). The van der Waals surface area contributed by atoms with Gasteiger partial charge in [0.1, 0.15) is 0 Å². The molecule has 1 aromatic rings. The molecule has 5 heteroatoms. The van der Waals surface area contributed by atoms with Gasteiger partial charge in [0.25, 0.3) is 0 Å². The van der Waals surface area contributed by atoms with Crippen molar-refractivity contribution in [1.29, 1.82) is 0 Å². The van der Waals surface area contributed by atoms with Crippen LogP contribution in [0, 0.1) is 18.8 Å². The maximum absolute atomic E-state index is 12.3. The van der Waals surface area contributed by atoms with Crippen LogP contribution in [0.4, 0.5) is 5.69 Å². The molecular weight excluding hydrogens is 322 g/mol. The number of rotatable bonds is 3. The number of carboxylic acids is 1. The quantitative estimate of drug-likeness (QED) is 0.884. The lowest BCUT2D eigenvalue weighted by Crippen LogP contribution is -2.36. The van der Waals surface area contributed by atoms with Crippen molar-refractivity contribution in [1.82, 2.24) is 0 Å². The van der Waals surface area contributed by atoms with E-state index in [1.54, 1.807) is 0 Å². The predicted molar refractivity (Wildman–Crippen MR) is 80.6 cm³/mol. The predicted octanol–water partition coefficient (Wildman–Crippen LogP) is 3.59. The van der Waals surface area contributed by atoms with E-state index < -0.39 is 17.8 Å². The van der Waals surface area contributed by atoms with E-state index in [0.29, 0.717) is 18.5 Å². The highest BCUT2D eigenvalue weighted by Gasteiger charge is 2.35. The van der Waals surface area contributed by atoms with E-state index in [1.807, 2.05) is 25.1 Å². The lowest BCUT2D eigenvalue weighted by Gasteiger charge is -2.27. The van der Waals surface area contributed by atoms with Gasteiger partial charge in [-0.1, -0.05) is 28.8 Å². The molecule has 108 valence electrons. The lowest BCUT2D eigenvalue weighted by molar-refractivity contribution is -0.147. The van der Waals surface area contributed by atoms with Crippen molar-refractivity contribution in [3.05, 3.63) is 28.2 Å². The highest BCUT2D eigenvalue weighted by atomic mass is 79.9. The molecule has 2 N–H and O–H groups in total. The van der Waals surface area contributed by atoms with Crippen LogP contribution in [0.5, 0.6) is 0 Å². The zero-order valence-corrected chi connectivity index (χ0v) is 12.9. The molecule has 0 bridgehead atoms. The molecule has 1 aromatic carbocycles. The van der Waals surface area contributed by atoms with Crippen LogP contribution in [0.1, 0.15) is 31.2 Å². The minimum atomic E-state index is -0.864. The van der Waals surface area contributed by atoms with Crippen LogP contribution in [0.2, 0.25) is 0 Å². The summed E-state index contributed by atoms with van der Waals surface area (Å²) in [6.07, 6.45) is 3.05. The summed E-state index contributed by atoms with van der Waals surface area (Å²) in [5, 5.41) is 12.1. The molecule has 0 aromatic heterocycles. The van der Waals surface area contributed by atoms with Gasteiger partial charge in [-0.3, -0.25) is 9.59 Å². The third kappa shape index (κ3) is 3.39. The van der Waals surface area contributed by atoms with Gasteiger partial charge in [0.2, 0.25) is 5.91 Å². The molecular formula is C15H18BrNO3. The van der Waals surface area contributed by atoms with E-state index in [1.165, 1.54) is 0 Å². The number of anilines is 1. The molecule has 1 fully saturated rings. The lowest BCUT2D eigenvalue weighted by atomic mass is 9.78. The Labute approximate surface area is 126 Å². The fraction of sp³-hybridized carbons (Fsp3) is 0.467. The van der Waals surface area contributed by atoms with E-state index in [0.717, 1.165) is 22.9 Å². The SMILES string of the molecule is Cc1cc(NC(=O)C2CCCCC2C(=O)O)ccc1Br. The van der Waals surface area contributed by atoms with Gasteiger partial charge in [-0.05, 0) is 43.5 Å². The number of hydrogen-bond donors (Lipinski definition) is 2. The van der Waals surface area contributed by atoms with Crippen LogP contribution < -0.4 is 5.32 Å². The van der Waals surface area contributed by atoms with Crippen molar-refractivity contribution in [3.63, 3.8) is 0 Å². The van der Waals surface area contributed by atoms with Crippen molar-refractivity contribution in [3.8, 4) is 0 Å². The number of hydrogen-bond acceptors (Lipinski definition) is 2. The molecule has 1 aliphatic carbocycles. The molecule has 0 radical (unpaired) electrons. The molecule has 1 aliphatic rings. The number of aliphatic carboxylic acids is 1. The molecule has 2 unspecified atom stereocenters. The molecule has 2 rings (SSSR count). The van der Waals surface area contributed by atoms with E-state index in [4.69, 9.17) is 0 Å². The third-order valence-electron chi connectivity index (χ3n) is 3.85. The molecule has 0 heterocycles. The van der Waals surface area contributed by atoms with Gasteiger partial charge in [0.05, 0.1) is 11.8 Å². The van der Waals surface area contributed by atoms with Gasteiger partial charge in [0, 0.05) is 10.2 Å². The van der Waals surface area contributed by atoms with Crippen molar-refractivity contribution in [2.45, 2.75) is 32.6 Å². The molecule has 20 heavy (non-hydrogen) atoms. The second-order valence-corrected chi connectivity index (χ2v) is 6.14. The first-order chi connectivity index (χ1) is 9.49. The Morgan fingerprint density at radius 1 is 1.25 bits per heavy atom. The summed E-state index contributed by atoms with van der Waals surface area (Å²) in [5.74, 6) is -2.03. The summed E-state index contributed by atoms with van der Waals surface area (Å²) < 4.78 is 0.983. The second kappa shape index (κ2) is 6.39. The Hall–Kier alpha value is -1.36. The first-order valence-electron chi connectivity index (χ1n) is 6.79. The minimum Gasteiger partial charge on any atom is -0.481 e. The van der Waals surface area contributed by atoms with Crippen LogP contribution in [0.3, 0.4) is 0 Å². The van der Waals surface area contributed by atoms with Crippen LogP contribution in [-0.2, 0) is 9.59 Å². The Balaban J connectivity index is 2.09. The fourth-order valence-electron chi connectivity index (χ4n) is 2.70. The Morgan fingerprint density at radius 2 is 1.90 bits per heavy atom. The molecule has 1 amide bonds.